The highest BCUT2D eigenvalue weighted by Crippen LogP contribution is 2.40. The van der Waals surface area contributed by atoms with Gasteiger partial charge in [-0.3, -0.25) is 4.79 Å². The first-order valence-corrected chi connectivity index (χ1v) is 9.84. The Morgan fingerprint density at radius 3 is 2.59 bits per heavy atom. The van der Waals surface area contributed by atoms with E-state index in [1.54, 1.807) is 12.1 Å². The van der Waals surface area contributed by atoms with Gasteiger partial charge in [-0.15, -0.1) is 0 Å². The predicted molar refractivity (Wildman–Crippen MR) is 113 cm³/mol. The third-order valence-corrected chi connectivity index (χ3v) is 5.48. The summed E-state index contributed by atoms with van der Waals surface area (Å²) in [4.78, 5) is 15.7. The van der Waals surface area contributed by atoms with Gasteiger partial charge in [0, 0.05) is 23.0 Å². The zero-order chi connectivity index (χ0) is 19.8. The van der Waals surface area contributed by atoms with Crippen LogP contribution in [0.5, 0.6) is 11.5 Å². The number of hydrogen-bond donors (Lipinski definition) is 1. The molecule has 0 saturated heterocycles. The molecule has 0 bridgehead atoms. The highest BCUT2D eigenvalue weighted by atomic mass is 16.7. The number of benzene rings is 3. The Morgan fingerprint density at radius 1 is 0.966 bits per heavy atom. The van der Waals surface area contributed by atoms with Gasteiger partial charge in [0.25, 0.3) is 5.91 Å². The van der Waals surface area contributed by atoms with Gasteiger partial charge in [0.2, 0.25) is 6.79 Å². The lowest BCUT2D eigenvalue weighted by Crippen LogP contribution is -2.40. The zero-order valence-electron chi connectivity index (χ0n) is 16.2. The van der Waals surface area contributed by atoms with E-state index in [9.17, 15) is 4.79 Å². The fraction of sp³-hybridized carbons (Fsp3) is 0.208. The Balaban J connectivity index is 1.61. The summed E-state index contributed by atoms with van der Waals surface area (Å²) in [5, 5.41) is 3.53. The number of ether oxygens (including phenoxy) is 2. The van der Waals surface area contributed by atoms with E-state index in [0.29, 0.717) is 17.1 Å². The van der Waals surface area contributed by atoms with Gasteiger partial charge in [-0.1, -0.05) is 36.4 Å². The normalized spacial score (nSPS) is 19.2. The minimum Gasteiger partial charge on any atom is -0.454 e. The van der Waals surface area contributed by atoms with E-state index in [1.165, 1.54) is 0 Å². The molecule has 2 heterocycles. The number of amides is 1. The smallest absolute Gasteiger partial charge is 0.258 e. The lowest BCUT2D eigenvalue weighted by molar-refractivity contribution is 0.0973. The first kappa shape index (κ1) is 17.6. The quantitative estimate of drug-likeness (QED) is 0.688. The fourth-order valence-electron chi connectivity index (χ4n) is 4.15. The molecular weight excluding hydrogens is 364 g/mol. The minimum atomic E-state index is -0.0669. The molecular formula is C24H22N2O3. The summed E-state index contributed by atoms with van der Waals surface area (Å²) in [7, 11) is 0. The van der Waals surface area contributed by atoms with Crippen molar-refractivity contribution in [2.45, 2.75) is 25.4 Å². The van der Waals surface area contributed by atoms with Crippen LogP contribution in [0.2, 0.25) is 0 Å². The maximum absolute atomic E-state index is 13.8. The second-order valence-electron chi connectivity index (χ2n) is 7.46. The zero-order valence-corrected chi connectivity index (χ0v) is 16.2. The molecule has 0 saturated carbocycles. The number of rotatable bonds is 3. The molecule has 0 fully saturated rings. The van der Waals surface area contributed by atoms with Crippen LogP contribution >= 0.6 is 0 Å². The number of fused-ring (bicyclic) bond motifs is 2. The summed E-state index contributed by atoms with van der Waals surface area (Å²) in [5.74, 6) is 1.24. The maximum atomic E-state index is 13.8. The van der Waals surface area contributed by atoms with Gasteiger partial charge in [-0.25, -0.2) is 0 Å². The van der Waals surface area contributed by atoms with E-state index in [-0.39, 0.29) is 24.8 Å². The predicted octanol–water partition coefficient (Wildman–Crippen LogP) is 5.01. The van der Waals surface area contributed by atoms with Crippen molar-refractivity contribution in [1.29, 1.82) is 0 Å². The van der Waals surface area contributed by atoms with Crippen LogP contribution in [0.1, 0.15) is 35.3 Å². The van der Waals surface area contributed by atoms with Gasteiger partial charge in [0.15, 0.2) is 11.5 Å². The molecule has 0 unspecified atom stereocenters. The first-order valence-electron chi connectivity index (χ1n) is 9.84. The van der Waals surface area contributed by atoms with E-state index in [1.807, 2.05) is 53.4 Å². The van der Waals surface area contributed by atoms with E-state index >= 15 is 0 Å². The molecule has 5 nitrogen and oxygen atoms in total. The van der Waals surface area contributed by atoms with Crippen molar-refractivity contribution in [3.63, 3.8) is 0 Å². The molecule has 2 atom stereocenters. The average molecular weight is 386 g/mol. The Kier molecular flexibility index (Phi) is 4.35. The lowest BCUT2D eigenvalue weighted by Gasteiger charge is -2.39. The molecule has 0 radical (unpaired) electrons. The maximum Gasteiger partial charge on any atom is 0.258 e. The minimum absolute atomic E-state index is 0.0524. The molecule has 29 heavy (non-hydrogen) atoms. The number of anilines is 2. The highest BCUT2D eigenvalue weighted by molar-refractivity contribution is 6.07. The topological polar surface area (TPSA) is 50.8 Å². The lowest BCUT2D eigenvalue weighted by atomic mass is 9.91. The number of carbonyl (C=O) groups excluding carboxylic acids is 1. The SMILES string of the molecule is C[C@@H]1C[C@H](N(C(=O)c2ccc3c(c2)OCO3)c2ccccc2)c2ccccc2N1. The number of para-hydroxylation sites is 2. The van der Waals surface area contributed by atoms with E-state index < -0.39 is 0 Å². The van der Waals surface area contributed by atoms with Crippen molar-refractivity contribution in [2.75, 3.05) is 17.0 Å². The molecule has 3 aromatic carbocycles. The second-order valence-corrected chi connectivity index (χ2v) is 7.46. The molecule has 2 aliphatic rings. The molecule has 3 aromatic rings. The molecule has 1 N–H and O–H groups in total. The molecule has 2 aliphatic heterocycles. The monoisotopic (exact) mass is 386 g/mol. The largest absolute Gasteiger partial charge is 0.454 e. The molecule has 0 aromatic heterocycles. The van der Waals surface area contributed by atoms with Gasteiger partial charge >= 0.3 is 0 Å². The van der Waals surface area contributed by atoms with Crippen LogP contribution in [0.15, 0.2) is 72.8 Å². The third kappa shape index (κ3) is 3.18. The molecule has 146 valence electrons. The summed E-state index contributed by atoms with van der Waals surface area (Å²) in [6, 6.07) is 23.7. The molecule has 5 rings (SSSR count). The van der Waals surface area contributed by atoms with Crippen LogP contribution in [0.3, 0.4) is 0 Å². The Morgan fingerprint density at radius 2 is 1.72 bits per heavy atom. The summed E-state index contributed by atoms with van der Waals surface area (Å²) >= 11 is 0. The van der Waals surface area contributed by atoms with Crippen molar-refractivity contribution in [3.8, 4) is 11.5 Å². The van der Waals surface area contributed by atoms with Crippen LogP contribution in [0, 0.1) is 0 Å². The van der Waals surface area contributed by atoms with Crippen molar-refractivity contribution >= 4 is 17.3 Å². The van der Waals surface area contributed by atoms with Crippen molar-refractivity contribution in [2.24, 2.45) is 0 Å². The first-order chi connectivity index (χ1) is 14.2. The summed E-state index contributed by atoms with van der Waals surface area (Å²) in [5.41, 5.74) is 3.67. The van der Waals surface area contributed by atoms with Crippen LogP contribution < -0.4 is 19.7 Å². The van der Waals surface area contributed by atoms with E-state index in [0.717, 1.165) is 23.4 Å². The second kappa shape index (κ2) is 7.17. The average Bonchev–Trinajstić information content (AvgIpc) is 3.22. The Hall–Kier alpha value is -3.47. The van der Waals surface area contributed by atoms with Crippen molar-refractivity contribution in [3.05, 3.63) is 83.9 Å². The standard InChI is InChI=1S/C24H22N2O3/c1-16-13-21(19-9-5-6-10-20(19)25-16)26(18-7-3-2-4-8-18)24(27)17-11-12-22-23(14-17)29-15-28-22/h2-12,14,16,21,25H,13,15H2,1H3/t16-,21+/m1/s1. The van der Waals surface area contributed by atoms with Crippen LogP contribution in [0.25, 0.3) is 0 Å². The molecule has 0 spiro atoms. The Bertz CT molecular complexity index is 1050. The summed E-state index contributed by atoms with van der Waals surface area (Å²) in [6.45, 7) is 2.34. The van der Waals surface area contributed by atoms with Crippen molar-refractivity contribution < 1.29 is 14.3 Å². The highest BCUT2D eigenvalue weighted by Gasteiger charge is 2.33. The summed E-state index contributed by atoms with van der Waals surface area (Å²) < 4.78 is 10.9. The van der Waals surface area contributed by atoms with Gasteiger partial charge in [0.05, 0.1) is 6.04 Å². The number of hydrogen-bond acceptors (Lipinski definition) is 4. The van der Waals surface area contributed by atoms with Crippen LogP contribution in [0.4, 0.5) is 11.4 Å². The van der Waals surface area contributed by atoms with Gasteiger partial charge < -0.3 is 19.7 Å². The fourth-order valence-corrected chi connectivity index (χ4v) is 4.15. The molecule has 0 aliphatic carbocycles. The van der Waals surface area contributed by atoms with E-state index in [2.05, 4.69) is 24.4 Å². The van der Waals surface area contributed by atoms with Crippen LogP contribution in [-0.2, 0) is 0 Å². The number of nitrogens with one attached hydrogen (secondary N) is 1. The van der Waals surface area contributed by atoms with Crippen molar-refractivity contribution in [1.82, 2.24) is 0 Å². The summed E-state index contributed by atoms with van der Waals surface area (Å²) in [6.07, 6.45) is 0.822. The van der Waals surface area contributed by atoms with E-state index in [4.69, 9.17) is 9.47 Å². The Labute approximate surface area is 169 Å². The number of nitrogens with zero attached hydrogens (tertiary/aromatic N) is 1. The van der Waals surface area contributed by atoms with Gasteiger partial charge in [-0.2, -0.15) is 0 Å². The number of carbonyl (C=O) groups is 1. The third-order valence-electron chi connectivity index (χ3n) is 5.48. The van der Waals surface area contributed by atoms with Crippen LogP contribution in [-0.4, -0.2) is 18.7 Å². The molecule has 5 heteroatoms. The van der Waals surface area contributed by atoms with Gasteiger partial charge in [-0.05, 0) is 55.3 Å². The van der Waals surface area contributed by atoms with Gasteiger partial charge in [0.1, 0.15) is 0 Å². The molecule has 1 amide bonds.